The van der Waals surface area contributed by atoms with Gasteiger partial charge in [0.2, 0.25) is 11.8 Å². The Kier molecular flexibility index (Phi) is 7.90. The van der Waals surface area contributed by atoms with Crippen LogP contribution in [0.15, 0.2) is 29.6 Å². The van der Waals surface area contributed by atoms with Crippen LogP contribution in [0.4, 0.5) is 0 Å². The largest absolute Gasteiger partial charge is 0.468 e. The van der Waals surface area contributed by atoms with Gasteiger partial charge in [-0.3, -0.25) is 14.4 Å². The minimum absolute atomic E-state index is 0.208. The Morgan fingerprint density at radius 1 is 1.21 bits per heavy atom. The van der Waals surface area contributed by atoms with Gasteiger partial charge in [-0.1, -0.05) is 32.9 Å². The van der Waals surface area contributed by atoms with Crippen LogP contribution in [0, 0.1) is 11.8 Å². The number of hydrogen-bond donors (Lipinski definition) is 2. The third-order valence-electron chi connectivity index (χ3n) is 4.63. The summed E-state index contributed by atoms with van der Waals surface area (Å²) in [4.78, 5) is 40.9. The minimum atomic E-state index is -0.898. The molecule has 3 N–H and O–H groups in total. The summed E-state index contributed by atoms with van der Waals surface area (Å²) in [6.45, 7) is 5.62. The number of primary amides is 1. The van der Waals surface area contributed by atoms with Crippen molar-refractivity contribution in [3.8, 4) is 0 Å². The smallest absolute Gasteiger partial charge is 0.318 e. The van der Waals surface area contributed by atoms with E-state index < -0.39 is 23.8 Å². The van der Waals surface area contributed by atoms with Crippen LogP contribution in [0.25, 0.3) is 0 Å². The lowest BCUT2D eigenvalue weighted by Crippen LogP contribution is -2.41. The van der Waals surface area contributed by atoms with Crippen molar-refractivity contribution in [2.45, 2.75) is 39.7 Å². The quantitative estimate of drug-likeness (QED) is 0.481. The molecule has 29 heavy (non-hydrogen) atoms. The molecule has 0 bridgehead atoms. The van der Waals surface area contributed by atoms with Crippen molar-refractivity contribution >= 4 is 29.1 Å². The number of thiazole rings is 1. The lowest BCUT2D eigenvalue weighted by Gasteiger charge is -2.22. The number of esters is 1. The fraction of sp³-hybridized carbons (Fsp3) is 0.429. The summed E-state index contributed by atoms with van der Waals surface area (Å²) < 4.78 is 4.80. The number of nitrogens with one attached hydrogen (secondary N) is 1. The zero-order valence-electron chi connectivity index (χ0n) is 17.1. The number of methoxy groups -OCH3 is 1. The van der Waals surface area contributed by atoms with E-state index in [1.807, 2.05) is 12.3 Å². The number of rotatable bonds is 9. The van der Waals surface area contributed by atoms with Gasteiger partial charge in [0.15, 0.2) is 0 Å². The Morgan fingerprint density at radius 3 is 2.34 bits per heavy atom. The van der Waals surface area contributed by atoms with Gasteiger partial charge in [0, 0.05) is 10.9 Å². The van der Waals surface area contributed by atoms with Crippen LogP contribution in [0.2, 0.25) is 0 Å². The highest BCUT2D eigenvalue weighted by Crippen LogP contribution is 2.24. The average molecular weight is 418 g/mol. The Labute approximate surface area is 174 Å². The molecule has 0 radical (unpaired) electrons. The molecule has 2 amide bonds. The van der Waals surface area contributed by atoms with Gasteiger partial charge >= 0.3 is 5.97 Å². The van der Waals surface area contributed by atoms with E-state index in [9.17, 15) is 14.4 Å². The number of hydrogen-bond acceptors (Lipinski definition) is 6. The average Bonchev–Trinajstić information content (AvgIpc) is 3.16. The maximum Gasteiger partial charge on any atom is 0.318 e. The number of nitrogens with zero attached hydrogens (tertiary/aromatic N) is 1. The molecule has 1 aromatic heterocycles. The second-order valence-corrected chi connectivity index (χ2v) is 7.99. The number of ether oxygens (including phenoxy) is 1. The molecule has 0 aliphatic heterocycles. The molecule has 0 unspecified atom stereocenters. The maximum atomic E-state index is 12.9. The van der Waals surface area contributed by atoms with Gasteiger partial charge in [-0.15, -0.1) is 11.3 Å². The van der Waals surface area contributed by atoms with Crippen LogP contribution in [0.3, 0.4) is 0 Å². The Balaban J connectivity index is 2.28. The molecular weight excluding hydrogens is 390 g/mol. The number of benzene rings is 1. The van der Waals surface area contributed by atoms with E-state index in [0.717, 1.165) is 22.7 Å². The first kappa shape index (κ1) is 22.5. The van der Waals surface area contributed by atoms with Gasteiger partial charge in [0.05, 0.1) is 18.8 Å². The molecule has 2 rings (SSSR count). The van der Waals surface area contributed by atoms with Gasteiger partial charge in [-0.25, -0.2) is 4.98 Å². The second kappa shape index (κ2) is 10.2. The first-order valence-electron chi connectivity index (χ1n) is 9.48. The van der Waals surface area contributed by atoms with E-state index in [4.69, 9.17) is 10.5 Å². The summed E-state index contributed by atoms with van der Waals surface area (Å²) in [6.07, 6.45) is 1.26. The van der Waals surface area contributed by atoms with Crippen molar-refractivity contribution in [1.82, 2.24) is 10.3 Å². The van der Waals surface area contributed by atoms with Crippen LogP contribution in [-0.4, -0.2) is 29.9 Å². The molecule has 8 heteroatoms. The van der Waals surface area contributed by atoms with E-state index in [0.29, 0.717) is 12.0 Å². The third kappa shape index (κ3) is 5.87. The first-order chi connectivity index (χ1) is 13.8. The van der Waals surface area contributed by atoms with Crippen molar-refractivity contribution in [2.24, 2.45) is 17.6 Å². The molecule has 2 atom stereocenters. The van der Waals surface area contributed by atoms with Crippen molar-refractivity contribution < 1.29 is 19.1 Å². The number of nitrogens with two attached hydrogens (primary N) is 1. The van der Waals surface area contributed by atoms with Crippen LogP contribution in [0.1, 0.15) is 53.4 Å². The second-order valence-electron chi connectivity index (χ2n) is 7.10. The monoisotopic (exact) mass is 417 g/mol. The molecule has 0 saturated carbocycles. The molecule has 2 aromatic rings. The Hall–Kier alpha value is -2.74. The number of carbonyl (C=O) groups excluding carboxylic acids is 3. The highest BCUT2D eigenvalue weighted by atomic mass is 32.1. The van der Waals surface area contributed by atoms with E-state index in [2.05, 4.69) is 10.3 Å². The normalized spacial score (nSPS) is 13.0. The Morgan fingerprint density at radius 2 is 1.86 bits per heavy atom. The number of amides is 2. The topological polar surface area (TPSA) is 111 Å². The van der Waals surface area contributed by atoms with Crippen molar-refractivity contribution in [1.29, 1.82) is 0 Å². The predicted octanol–water partition coefficient (Wildman–Crippen LogP) is 2.65. The van der Waals surface area contributed by atoms with Gasteiger partial charge < -0.3 is 15.8 Å². The molecule has 1 aromatic carbocycles. The highest BCUT2D eigenvalue weighted by Gasteiger charge is 2.33. The standard InChI is InChI=1S/C21H27N3O4S/c1-5-15-11-29-20(23-15)16(10-13-6-8-14(9-7-13)18(22)25)24-19(26)17(12(2)3)21(27)28-4/h6-9,11-12,16-17H,5,10H2,1-4H3,(H2,22,25)(H,24,26)/t16-,17-/m0/s1. The van der Waals surface area contributed by atoms with Gasteiger partial charge in [-0.05, 0) is 36.5 Å². The number of aromatic nitrogens is 1. The molecule has 0 saturated heterocycles. The van der Waals surface area contributed by atoms with Crippen molar-refractivity contribution in [2.75, 3.05) is 7.11 Å². The molecule has 0 aliphatic carbocycles. The fourth-order valence-electron chi connectivity index (χ4n) is 2.96. The summed E-state index contributed by atoms with van der Waals surface area (Å²) in [5.41, 5.74) is 7.57. The van der Waals surface area contributed by atoms with E-state index in [-0.39, 0.29) is 11.8 Å². The number of aryl methyl sites for hydroxylation is 1. The van der Waals surface area contributed by atoms with Gasteiger partial charge in [-0.2, -0.15) is 0 Å². The van der Waals surface area contributed by atoms with Crippen LogP contribution in [0.5, 0.6) is 0 Å². The van der Waals surface area contributed by atoms with Crippen LogP contribution < -0.4 is 11.1 Å². The molecule has 7 nitrogen and oxygen atoms in total. The SMILES string of the molecule is CCc1csc([C@H](Cc2ccc(C(N)=O)cc2)NC(=O)[C@@H](C(=O)OC)C(C)C)n1. The summed E-state index contributed by atoms with van der Waals surface area (Å²) in [7, 11) is 1.27. The van der Waals surface area contributed by atoms with Crippen molar-refractivity contribution in [3.05, 3.63) is 51.5 Å². The zero-order chi connectivity index (χ0) is 21.6. The molecule has 1 heterocycles. The summed E-state index contributed by atoms with van der Waals surface area (Å²) >= 11 is 1.47. The van der Waals surface area contributed by atoms with Crippen LogP contribution >= 0.6 is 11.3 Å². The van der Waals surface area contributed by atoms with E-state index in [1.165, 1.54) is 18.4 Å². The maximum absolute atomic E-state index is 12.9. The summed E-state index contributed by atoms with van der Waals surface area (Å²) in [5.74, 6) is -2.55. The lowest BCUT2D eigenvalue weighted by atomic mass is 9.94. The fourth-order valence-corrected chi connectivity index (χ4v) is 3.91. The van der Waals surface area contributed by atoms with Crippen LogP contribution in [-0.2, 0) is 27.2 Å². The molecule has 0 aliphatic rings. The van der Waals surface area contributed by atoms with Gasteiger partial charge in [0.25, 0.3) is 0 Å². The van der Waals surface area contributed by atoms with E-state index in [1.54, 1.807) is 38.1 Å². The Bertz CT molecular complexity index is 861. The lowest BCUT2D eigenvalue weighted by molar-refractivity contribution is -0.152. The third-order valence-corrected chi connectivity index (χ3v) is 5.64. The minimum Gasteiger partial charge on any atom is -0.468 e. The number of carbonyl (C=O) groups is 3. The molecular formula is C21H27N3O4S. The van der Waals surface area contributed by atoms with E-state index >= 15 is 0 Å². The highest BCUT2D eigenvalue weighted by molar-refractivity contribution is 7.09. The predicted molar refractivity (Wildman–Crippen MR) is 111 cm³/mol. The van der Waals surface area contributed by atoms with Crippen molar-refractivity contribution in [3.63, 3.8) is 0 Å². The molecule has 0 fully saturated rings. The summed E-state index contributed by atoms with van der Waals surface area (Å²) in [5, 5.41) is 5.70. The summed E-state index contributed by atoms with van der Waals surface area (Å²) in [6, 6.07) is 6.50. The molecule has 0 spiro atoms. The molecule has 156 valence electrons. The first-order valence-corrected chi connectivity index (χ1v) is 10.4. The zero-order valence-corrected chi connectivity index (χ0v) is 17.9. The van der Waals surface area contributed by atoms with Gasteiger partial charge in [0.1, 0.15) is 10.9 Å².